The first kappa shape index (κ1) is 19.7. The Morgan fingerprint density at radius 1 is 1.10 bits per heavy atom. The molecular formula is C23H30N6OS. The Morgan fingerprint density at radius 2 is 2.00 bits per heavy atom. The third-order valence-electron chi connectivity index (χ3n) is 6.77. The van der Waals surface area contributed by atoms with E-state index in [-0.39, 0.29) is 0 Å². The zero-order chi connectivity index (χ0) is 20.6. The first-order chi connectivity index (χ1) is 15.3. The topological polar surface area (TPSA) is 49.1 Å². The lowest BCUT2D eigenvalue weighted by Gasteiger charge is -2.40. The average molecular weight is 439 g/mol. The van der Waals surface area contributed by atoms with Crippen LogP contribution in [-0.4, -0.2) is 76.7 Å². The van der Waals surface area contributed by atoms with E-state index >= 15 is 0 Å². The van der Waals surface area contributed by atoms with Gasteiger partial charge in [0.1, 0.15) is 16.5 Å². The Hall–Kier alpha value is -2.00. The fraction of sp³-hybridized carbons (Fsp3) is 0.565. The fourth-order valence-corrected chi connectivity index (χ4v) is 5.56. The normalized spacial score (nSPS) is 23.6. The molecule has 0 amide bonds. The maximum absolute atomic E-state index is 5.56. The molecule has 3 fully saturated rings. The maximum Gasteiger partial charge on any atom is 0.138 e. The Kier molecular flexibility index (Phi) is 5.39. The number of morpholine rings is 1. The SMILES string of the molecule is c1cc(N2CCOCC2)n2cc([C@H]3CN(Cc4nccs4)CCN3CC3CC3)nc2c1. The van der Waals surface area contributed by atoms with Crippen LogP contribution in [0.5, 0.6) is 0 Å². The standard InChI is InChI=1S/C23H30N6OS/c1-2-21-25-19(15-29(21)23(3-1)27-9-11-30-12-10-27)20-16-26(17-22-24-6-13-31-22)7-8-28(20)14-18-4-5-18/h1-3,6,13,15,18,20H,4-5,7-12,14,16-17H2/t20-/m1/s1. The molecule has 7 nitrogen and oxygen atoms in total. The lowest BCUT2D eigenvalue weighted by molar-refractivity contribution is 0.0639. The van der Waals surface area contributed by atoms with Gasteiger partial charge in [0.25, 0.3) is 0 Å². The lowest BCUT2D eigenvalue weighted by atomic mass is 10.1. The number of rotatable bonds is 6. The minimum atomic E-state index is 0.340. The Morgan fingerprint density at radius 3 is 2.81 bits per heavy atom. The highest BCUT2D eigenvalue weighted by molar-refractivity contribution is 7.09. The number of nitrogens with zero attached hydrogens (tertiary/aromatic N) is 6. The molecule has 0 aromatic carbocycles. The predicted octanol–water partition coefficient (Wildman–Crippen LogP) is 2.90. The van der Waals surface area contributed by atoms with Gasteiger partial charge in [0.2, 0.25) is 0 Å². The molecule has 3 aromatic heterocycles. The highest BCUT2D eigenvalue weighted by atomic mass is 32.1. The summed E-state index contributed by atoms with van der Waals surface area (Å²) in [6, 6.07) is 6.82. The van der Waals surface area contributed by atoms with Gasteiger partial charge >= 0.3 is 0 Å². The zero-order valence-electron chi connectivity index (χ0n) is 17.9. The molecule has 2 saturated heterocycles. The fourth-order valence-electron chi connectivity index (χ4n) is 4.90. The largest absolute Gasteiger partial charge is 0.378 e. The van der Waals surface area contributed by atoms with Crippen LogP contribution in [0.1, 0.15) is 29.6 Å². The van der Waals surface area contributed by atoms with Gasteiger partial charge < -0.3 is 9.64 Å². The Balaban J connectivity index is 1.29. The number of fused-ring (bicyclic) bond motifs is 1. The summed E-state index contributed by atoms with van der Waals surface area (Å²) < 4.78 is 7.85. The van der Waals surface area contributed by atoms with Crippen LogP contribution >= 0.6 is 11.3 Å². The summed E-state index contributed by atoms with van der Waals surface area (Å²) in [5.41, 5.74) is 2.24. The number of pyridine rings is 1. The van der Waals surface area contributed by atoms with E-state index in [9.17, 15) is 0 Å². The molecule has 0 bridgehead atoms. The molecule has 0 spiro atoms. The van der Waals surface area contributed by atoms with Gasteiger partial charge in [-0.25, -0.2) is 9.97 Å². The van der Waals surface area contributed by atoms with E-state index < -0.39 is 0 Å². The number of ether oxygens (including phenoxy) is 1. The van der Waals surface area contributed by atoms with E-state index in [0.717, 1.165) is 64.0 Å². The van der Waals surface area contributed by atoms with Crippen molar-refractivity contribution in [2.75, 3.05) is 57.4 Å². The number of thiazole rings is 1. The van der Waals surface area contributed by atoms with Gasteiger partial charge in [-0.05, 0) is 30.9 Å². The number of hydrogen-bond acceptors (Lipinski definition) is 7. The molecule has 0 N–H and O–H groups in total. The van der Waals surface area contributed by atoms with Crippen molar-refractivity contribution in [2.24, 2.45) is 5.92 Å². The molecule has 0 radical (unpaired) electrons. The van der Waals surface area contributed by atoms with Crippen molar-refractivity contribution in [2.45, 2.75) is 25.4 Å². The van der Waals surface area contributed by atoms with Crippen molar-refractivity contribution >= 4 is 22.8 Å². The van der Waals surface area contributed by atoms with E-state index in [1.54, 1.807) is 11.3 Å². The Bertz CT molecular complexity index is 1010. The molecule has 31 heavy (non-hydrogen) atoms. The second-order valence-corrected chi connectivity index (χ2v) is 9.97. The van der Waals surface area contributed by atoms with Crippen LogP contribution in [0.15, 0.2) is 36.0 Å². The van der Waals surface area contributed by atoms with Crippen LogP contribution in [0.25, 0.3) is 5.65 Å². The summed E-state index contributed by atoms with van der Waals surface area (Å²) in [6.45, 7) is 8.84. The maximum atomic E-state index is 5.56. The quantitative estimate of drug-likeness (QED) is 0.590. The second kappa shape index (κ2) is 8.50. The number of anilines is 1. The van der Waals surface area contributed by atoms with E-state index in [1.165, 1.54) is 35.9 Å². The van der Waals surface area contributed by atoms with Gasteiger partial charge in [-0.3, -0.25) is 14.2 Å². The molecule has 3 aliphatic rings. The molecule has 6 rings (SSSR count). The van der Waals surface area contributed by atoms with Gasteiger partial charge in [0.05, 0.1) is 31.5 Å². The van der Waals surface area contributed by atoms with Crippen LogP contribution in [0.3, 0.4) is 0 Å². The van der Waals surface area contributed by atoms with Gasteiger partial charge in [0.15, 0.2) is 0 Å². The highest BCUT2D eigenvalue weighted by Crippen LogP contribution is 2.35. The molecule has 1 atom stereocenters. The van der Waals surface area contributed by atoms with Crippen LogP contribution in [0.4, 0.5) is 5.82 Å². The molecule has 1 aliphatic carbocycles. The van der Waals surface area contributed by atoms with Crippen LogP contribution in [0, 0.1) is 5.92 Å². The van der Waals surface area contributed by atoms with Crippen molar-refractivity contribution in [1.29, 1.82) is 0 Å². The number of piperazine rings is 1. The van der Waals surface area contributed by atoms with Crippen LogP contribution in [-0.2, 0) is 11.3 Å². The third-order valence-corrected chi connectivity index (χ3v) is 7.54. The molecular weight excluding hydrogens is 408 g/mol. The molecule has 8 heteroatoms. The monoisotopic (exact) mass is 438 g/mol. The van der Waals surface area contributed by atoms with Crippen molar-refractivity contribution in [3.8, 4) is 0 Å². The summed E-state index contributed by atoms with van der Waals surface area (Å²) in [4.78, 5) is 17.3. The predicted molar refractivity (Wildman–Crippen MR) is 123 cm³/mol. The van der Waals surface area contributed by atoms with Gasteiger partial charge in [0, 0.05) is 57.0 Å². The van der Waals surface area contributed by atoms with Crippen molar-refractivity contribution < 1.29 is 4.74 Å². The summed E-state index contributed by atoms with van der Waals surface area (Å²) in [5.74, 6) is 2.11. The molecule has 3 aromatic rings. The molecule has 1 saturated carbocycles. The number of aromatic nitrogens is 3. The smallest absolute Gasteiger partial charge is 0.138 e. The van der Waals surface area contributed by atoms with Gasteiger partial charge in [-0.2, -0.15) is 0 Å². The summed E-state index contributed by atoms with van der Waals surface area (Å²) >= 11 is 1.75. The van der Waals surface area contributed by atoms with Crippen LogP contribution < -0.4 is 4.90 Å². The summed E-state index contributed by atoms with van der Waals surface area (Å²) in [7, 11) is 0. The highest BCUT2D eigenvalue weighted by Gasteiger charge is 2.34. The van der Waals surface area contributed by atoms with Crippen molar-refractivity contribution in [1.82, 2.24) is 24.2 Å². The second-order valence-electron chi connectivity index (χ2n) is 8.99. The number of hydrogen-bond donors (Lipinski definition) is 0. The molecule has 0 unspecified atom stereocenters. The average Bonchev–Trinajstić information content (AvgIpc) is 3.29. The first-order valence-corrected chi connectivity index (χ1v) is 12.4. The van der Waals surface area contributed by atoms with Crippen LogP contribution in [0.2, 0.25) is 0 Å². The van der Waals surface area contributed by atoms with Gasteiger partial charge in [-0.1, -0.05) is 6.07 Å². The van der Waals surface area contributed by atoms with E-state index in [4.69, 9.17) is 9.72 Å². The minimum Gasteiger partial charge on any atom is -0.378 e. The number of imidazole rings is 1. The first-order valence-electron chi connectivity index (χ1n) is 11.5. The molecule has 2 aliphatic heterocycles. The third kappa shape index (κ3) is 4.22. The van der Waals surface area contributed by atoms with E-state index in [0.29, 0.717) is 6.04 Å². The minimum absolute atomic E-state index is 0.340. The molecule has 5 heterocycles. The van der Waals surface area contributed by atoms with Crippen molar-refractivity contribution in [3.63, 3.8) is 0 Å². The van der Waals surface area contributed by atoms with Crippen molar-refractivity contribution in [3.05, 3.63) is 46.7 Å². The summed E-state index contributed by atoms with van der Waals surface area (Å²) in [5, 5.41) is 3.28. The van der Waals surface area contributed by atoms with Gasteiger partial charge in [-0.15, -0.1) is 11.3 Å². The van der Waals surface area contributed by atoms with E-state index in [2.05, 4.69) is 53.9 Å². The lowest BCUT2D eigenvalue weighted by Crippen LogP contribution is -2.48. The Labute approximate surface area is 187 Å². The molecule has 164 valence electrons. The zero-order valence-corrected chi connectivity index (χ0v) is 18.7. The summed E-state index contributed by atoms with van der Waals surface area (Å²) in [6.07, 6.45) is 6.98. The van der Waals surface area contributed by atoms with E-state index in [1.807, 2.05) is 6.20 Å².